The number of thiocarbonyl (C=S) groups is 1. The molecule has 1 saturated heterocycles. The van der Waals surface area contributed by atoms with Crippen LogP contribution in [-0.2, 0) is 4.79 Å². The van der Waals surface area contributed by atoms with E-state index in [0.717, 1.165) is 16.8 Å². The Kier molecular flexibility index (Phi) is 5.57. The first-order valence-corrected chi connectivity index (χ1v) is 8.82. The summed E-state index contributed by atoms with van der Waals surface area (Å²) in [6.45, 7) is 0. The average Bonchev–Trinajstić information content (AvgIpc) is 3.22. The van der Waals surface area contributed by atoms with Gasteiger partial charge in [-0.3, -0.25) is 14.9 Å². The second-order valence-electron chi connectivity index (χ2n) is 5.30. The number of nitro groups is 1. The van der Waals surface area contributed by atoms with Crippen LogP contribution >= 0.6 is 24.0 Å². The first-order chi connectivity index (χ1) is 13.3. The maximum Gasteiger partial charge on any atom is 0.433 e. The zero-order valence-electron chi connectivity index (χ0n) is 13.9. The van der Waals surface area contributed by atoms with Crippen molar-refractivity contribution < 1.29 is 24.3 Å². The number of benzene rings is 1. The molecule has 9 nitrogen and oxygen atoms in total. The van der Waals surface area contributed by atoms with Gasteiger partial charge in [0.25, 0.3) is 5.91 Å². The summed E-state index contributed by atoms with van der Waals surface area (Å²) in [4.78, 5) is 22.6. The number of hydrogen-bond donors (Lipinski definition) is 2. The van der Waals surface area contributed by atoms with Gasteiger partial charge in [0.05, 0.1) is 17.2 Å². The van der Waals surface area contributed by atoms with Gasteiger partial charge >= 0.3 is 5.88 Å². The van der Waals surface area contributed by atoms with Crippen LogP contribution in [0.2, 0.25) is 0 Å². The highest BCUT2D eigenvalue weighted by atomic mass is 32.2. The molecule has 1 fully saturated rings. The van der Waals surface area contributed by atoms with Crippen molar-refractivity contribution >= 4 is 52.4 Å². The van der Waals surface area contributed by atoms with E-state index < -0.39 is 10.8 Å². The zero-order chi connectivity index (χ0) is 20.3. The number of carbonyl (C=O) groups is 1. The number of carbonyl (C=O) groups excluding carboxylic acids is 1. The van der Waals surface area contributed by atoms with E-state index in [1.54, 1.807) is 0 Å². The Balaban J connectivity index is 1.70. The number of furan rings is 1. The largest absolute Gasteiger partial charge is 0.504 e. The number of amides is 1. The lowest BCUT2D eigenvalue weighted by Crippen LogP contribution is -2.22. The summed E-state index contributed by atoms with van der Waals surface area (Å²) in [6.07, 6.45) is 5.80. The normalized spacial score (nSPS) is 16.1. The van der Waals surface area contributed by atoms with Crippen LogP contribution in [-0.4, -0.2) is 36.6 Å². The van der Waals surface area contributed by atoms with Crippen molar-refractivity contribution in [1.29, 1.82) is 0 Å². The average molecular weight is 417 g/mol. The molecule has 2 heterocycles. The fraction of sp³-hybridized carbons (Fsp3) is 0. The van der Waals surface area contributed by atoms with Gasteiger partial charge in [0.1, 0.15) is 10.7 Å². The number of thioether (sulfide) groups is 1. The summed E-state index contributed by atoms with van der Waals surface area (Å²) in [5, 5.41) is 34.4. The quantitative estimate of drug-likeness (QED) is 0.189. The van der Waals surface area contributed by atoms with Crippen LogP contribution in [0.3, 0.4) is 0 Å². The first-order valence-electron chi connectivity index (χ1n) is 7.60. The van der Waals surface area contributed by atoms with E-state index in [1.165, 1.54) is 54.8 Å². The van der Waals surface area contributed by atoms with Crippen molar-refractivity contribution in [2.75, 3.05) is 0 Å². The predicted octanol–water partition coefficient (Wildman–Crippen LogP) is 3.39. The van der Waals surface area contributed by atoms with E-state index in [9.17, 15) is 25.1 Å². The fourth-order valence-corrected chi connectivity index (χ4v) is 3.20. The molecule has 0 spiro atoms. The lowest BCUT2D eigenvalue weighted by molar-refractivity contribution is -0.402. The highest BCUT2D eigenvalue weighted by Gasteiger charge is 2.31. The summed E-state index contributed by atoms with van der Waals surface area (Å²) < 4.78 is 5.20. The molecule has 0 unspecified atom stereocenters. The predicted molar refractivity (Wildman–Crippen MR) is 107 cm³/mol. The molecule has 1 aliphatic heterocycles. The van der Waals surface area contributed by atoms with E-state index in [1.807, 2.05) is 0 Å². The number of hydrazone groups is 1. The summed E-state index contributed by atoms with van der Waals surface area (Å²) >= 11 is 6.18. The smallest absolute Gasteiger partial charge is 0.433 e. The molecule has 1 aromatic heterocycles. The molecule has 1 amide bonds. The Hall–Kier alpha value is -3.44. The lowest BCUT2D eigenvalue weighted by atomic mass is 10.2. The van der Waals surface area contributed by atoms with E-state index in [4.69, 9.17) is 16.6 Å². The minimum absolute atomic E-state index is 0.220. The second kappa shape index (κ2) is 8.06. The van der Waals surface area contributed by atoms with Gasteiger partial charge in [-0.15, -0.1) is 0 Å². The van der Waals surface area contributed by atoms with Crippen LogP contribution in [0.25, 0.3) is 6.08 Å². The van der Waals surface area contributed by atoms with Crippen LogP contribution in [0.15, 0.2) is 56.9 Å². The third-order valence-corrected chi connectivity index (χ3v) is 4.70. The van der Waals surface area contributed by atoms with Gasteiger partial charge in [-0.2, -0.15) is 10.1 Å². The Morgan fingerprint density at radius 3 is 2.71 bits per heavy atom. The molecule has 0 radical (unpaired) electrons. The number of phenolic OH excluding ortho intramolecular Hbond substituents is 2. The van der Waals surface area contributed by atoms with Crippen LogP contribution in [0.4, 0.5) is 5.88 Å². The standard InChI is InChI=1S/C17H11N3O6S2/c21-12-6-4-10(8-13(12)22)9-18-19-16(23)14(28-17(19)27)3-1-2-11-5-7-15(26-11)20(24)25/h1-9,21-22H/b2-1+,14-3+,18-9+. The molecule has 2 N–H and O–H groups in total. The molecule has 0 bridgehead atoms. The Morgan fingerprint density at radius 1 is 1.25 bits per heavy atom. The zero-order valence-corrected chi connectivity index (χ0v) is 15.5. The SMILES string of the molecule is O=C1/C(=C\C=C\c2ccc([N+](=O)[O-])o2)SC(=S)N1/N=C/c1ccc(O)c(O)c1. The molecule has 0 saturated carbocycles. The third kappa shape index (κ3) is 4.27. The molecule has 3 rings (SSSR count). The van der Waals surface area contributed by atoms with Crippen LogP contribution < -0.4 is 0 Å². The number of phenols is 2. The Bertz CT molecular complexity index is 1060. The molecule has 11 heteroatoms. The molecule has 1 aliphatic rings. The van der Waals surface area contributed by atoms with E-state index in [0.29, 0.717) is 10.5 Å². The number of aromatic hydroxyl groups is 2. The van der Waals surface area contributed by atoms with Crippen LogP contribution in [0, 0.1) is 10.1 Å². The molecule has 28 heavy (non-hydrogen) atoms. The second-order valence-corrected chi connectivity index (χ2v) is 6.98. The van der Waals surface area contributed by atoms with Crippen LogP contribution in [0.5, 0.6) is 11.5 Å². The summed E-state index contributed by atoms with van der Waals surface area (Å²) in [5.41, 5.74) is 0.465. The van der Waals surface area contributed by atoms with Crippen LogP contribution in [0.1, 0.15) is 11.3 Å². The Labute approximate surface area is 167 Å². The molecular weight excluding hydrogens is 406 g/mol. The van der Waals surface area contributed by atoms with Gasteiger partial charge in [-0.05, 0) is 54.2 Å². The van der Waals surface area contributed by atoms with Crippen molar-refractivity contribution in [1.82, 2.24) is 5.01 Å². The molecule has 0 aliphatic carbocycles. The molecule has 1 aromatic carbocycles. The molecule has 0 atom stereocenters. The van der Waals surface area contributed by atoms with E-state index >= 15 is 0 Å². The molecular formula is C17H11N3O6S2. The minimum Gasteiger partial charge on any atom is -0.504 e. The van der Waals surface area contributed by atoms with Crippen molar-refractivity contribution in [2.45, 2.75) is 0 Å². The first kappa shape index (κ1) is 19.3. The Morgan fingerprint density at radius 2 is 2.04 bits per heavy atom. The monoisotopic (exact) mass is 417 g/mol. The van der Waals surface area contributed by atoms with Gasteiger partial charge < -0.3 is 14.6 Å². The van der Waals surface area contributed by atoms with Crippen molar-refractivity contribution in [3.05, 3.63) is 68.8 Å². The molecule has 2 aromatic rings. The number of hydrogen-bond acceptors (Lipinski definition) is 9. The van der Waals surface area contributed by atoms with Gasteiger partial charge in [-0.25, -0.2) is 0 Å². The van der Waals surface area contributed by atoms with Gasteiger partial charge in [-0.1, -0.05) is 17.8 Å². The summed E-state index contributed by atoms with van der Waals surface area (Å²) in [5.74, 6) is -1.12. The van der Waals surface area contributed by atoms with Gasteiger partial charge in [0, 0.05) is 0 Å². The molecule has 142 valence electrons. The highest BCUT2D eigenvalue weighted by Crippen LogP contribution is 2.31. The number of nitrogens with zero attached hydrogens (tertiary/aromatic N) is 3. The highest BCUT2D eigenvalue weighted by molar-refractivity contribution is 8.26. The number of rotatable bonds is 5. The maximum absolute atomic E-state index is 12.4. The number of allylic oxidation sites excluding steroid dienone is 2. The van der Waals surface area contributed by atoms with Crippen molar-refractivity contribution in [3.8, 4) is 11.5 Å². The van der Waals surface area contributed by atoms with E-state index in [2.05, 4.69) is 5.10 Å². The maximum atomic E-state index is 12.4. The lowest BCUT2D eigenvalue weighted by Gasteiger charge is -2.06. The topological polar surface area (TPSA) is 129 Å². The fourth-order valence-electron chi connectivity index (χ4n) is 2.08. The van der Waals surface area contributed by atoms with Gasteiger partial charge in [0.2, 0.25) is 0 Å². The van der Waals surface area contributed by atoms with Crippen molar-refractivity contribution in [3.63, 3.8) is 0 Å². The minimum atomic E-state index is -0.645. The van der Waals surface area contributed by atoms with Crippen molar-refractivity contribution in [2.24, 2.45) is 5.10 Å². The van der Waals surface area contributed by atoms with E-state index in [-0.39, 0.29) is 27.5 Å². The van der Waals surface area contributed by atoms with Gasteiger partial charge in [0.15, 0.2) is 15.8 Å². The summed E-state index contributed by atoms with van der Waals surface area (Å²) in [6, 6.07) is 6.76. The summed E-state index contributed by atoms with van der Waals surface area (Å²) in [7, 11) is 0. The third-order valence-electron chi connectivity index (χ3n) is 3.40.